The average molecular weight is 459 g/mol. The van der Waals surface area contributed by atoms with Crippen molar-refractivity contribution in [1.29, 1.82) is 0 Å². The molecule has 10 heteroatoms. The SMILES string of the molecule is C[Si](C)(C)CCOCn1cc(-c2nc(C(=O)Nc3cnn(CC4CCC4)c3)cs2)cn1. The number of hydrogen-bond acceptors (Lipinski definition) is 6. The van der Waals surface area contributed by atoms with E-state index in [9.17, 15) is 4.79 Å². The molecule has 31 heavy (non-hydrogen) atoms. The Kier molecular flexibility index (Phi) is 6.68. The zero-order valence-corrected chi connectivity index (χ0v) is 20.2. The van der Waals surface area contributed by atoms with Crippen LogP contribution in [0.15, 0.2) is 30.2 Å². The summed E-state index contributed by atoms with van der Waals surface area (Å²) >= 11 is 1.43. The van der Waals surface area contributed by atoms with E-state index in [1.807, 2.05) is 17.1 Å². The first-order valence-electron chi connectivity index (χ1n) is 10.8. The lowest BCUT2D eigenvalue weighted by Crippen LogP contribution is -2.22. The third kappa shape index (κ3) is 6.11. The van der Waals surface area contributed by atoms with E-state index < -0.39 is 8.07 Å². The molecule has 1 aliphatic rings. The van der Waals surface area contributed by atoms with Gasteiger partial charge in [0.1, 0.15) is 17.4 Å². The molecule has 0 unspecified atom stereocenters. The van der Waals surface area contributed by atoms with E-state index in [0.29, 0.717) is 18.1 Å². The smallest absolute Gasteiger partial charge is 0.275 e. The number of nitrogens with one attached hydrogen (secondary N) is 1. The Balaban J connectivity index is 1.29. The largest absolute Gasteiger partial charge is 0.360 e. The van der Waals surface area contributed by atoms with E-state index in [0.717, 1.165) is 35.7 Å². The molecular weight excluding hydrogens is 428 g/mol. The van der Waals surface area contributed by atoms with Gasteiger partial charge in [-0.3, -0.25) is 9.48 Å². The molecule has 0 aromatic carbocycles. The zero-order valence-electron chi connectivity index (χ0n) is 18.4. The fourth-order valence-electron chi connectivity index (χ4n) is 3.25. The maximum Gasteiger partial charge on any atom is 0.275 e. The molecule has 3 aromatic rings. The second-order valence-corrected chi connectivity index (χ2v) is 15.8. The summed E-state index contributed by atoms with van der Waals surface area (Å²) in [5.74, 6) is 0.490. The fourth-order valence-corrected chi connectivity index (χ4v) is 4.79. The Morgan fingerprint density at radius 1 is 1.23 bits per heavy atom. The number of ether oxygens (including phenoxy) is 1. The van der Waals surface area contributed by atoms with E-state index in [2.05, 4.69) is 40.1 Å². The highest BCUT2D eigenvalue weighted by Crippen LogP contribution is 2.28. The normalized spacial score (nSPS) is 14.5. The number of amides is 1. The second-order valence-electron chi connectivity index (χ2n) is 9.36. The van der Waals surface area contributed by atoms with Crippen LogP contribution in [0.1, 0.15) is 29.8 Å². The van der Waals surface area contributed by atoms with Gasteiger partial charge in [-0.15, -0.1) is 11.3 Å². The van der Waals surface area contributed by atoms with Gasteiger partial charge in [0.25, 0.3) is 5.91 Å². The predicted molar refractivity (Wildman–Crippen MR) is 125 cm³/mol. The van der Waals surface area contributed by atoms with Crippen LogP contribution in [0, 0.1) is 5.92 Å². The molecule has 0 radical (unpaired) electrons. The van der Waals surface area contributed by atoms with Crippen molar-refractivity contribution in [1.82, 2.24) is 24.5 Å². The molecule has 8 nitrogen and oxygen atoms in total. The van der Waals surface area contributed by atoms with Crippen molar-refractivity contribution >= 4 is 31.0 Å². The monoisotopic (exact) mass is 458 g/mol. The summed E-state index contributed by atoms with van der Waals surface area (Å²) in [4.78, 5) is 17.1. The van der Waals surface area contributed by atoms with Crippen LogP contribution < -0.4 is 5.32 Å². The molecule has 3 heterocycles. The molecule has 3 aromatic heterocycles. The molecule has 4 rings (SSSR count). The number of carbonyl (C=O) groups excluding carboxylic acids is 1. The highest BCUT2D eigenvalue weighted by Gasteiger charge is 2.19. The van der Waals surface area contributed by atoms with Crippen molar-refractivity contribution < 1.29 is 9.53 Å². The molecule has 0 saturated heterocycles. The van der Waals surface area contributed by atoms with Crippen molar-refractivity contribution in [2.45, 2.75) is 58.2 Å². The van der Waals surface area contributed by atoms with Crippen LogP contribution >= 0.6 is 11.3 Å². The quantitative estimate of drug-likeness (QED) is 0.355. The van der Waals surface area contributed by atoms with E-state index in [1.165, 1.54) is 30.6 Å². The predicted octanol–water partition coefficient (Wildman–Crippen LogP) is 4.57. The number of nitrogens with zero attached hydrogens (tertiary/aromatic N) is 5. The number of carbonyl (C=O) groups is 1. The minimum Gasteiger partial charge on any atom is -0.360 e. The molecular formula is C21H30N6O2SSi. The van der Waals surface area contributed by atoms with Crippen molar-refractivity contribution in [2.24, 2.45) is 5.92 Å². The Morgan fingerprint density at radius 3 is 2.77 bits per heavy atom. The molecule has 1 amide bonds. The summed E-state index contributed by atoms with van der Waals surface area (Å²) in [5, 5.41) is 14.1. The van der Waals surface area contributed by atoms with Gasteiger partial charge in [0, 0.05) is 44.6 Å². The van der Waals surface area contributed by atoms with Crippen LogP contribution in [0.4, 0.5) is 5.69 Å². The lowest BCUT2D eigenvalue weighted by atomic mass is 9.85. The first kappa shape index (κ1) is 21.9. The maximum atomic E-state index is 12.6. The van der Waals surface area contributed by atoms with Gasteiger partial charge in [0.15, 0.2) is 0 Å². The van der Waals surface area contributed by atoms with Crippen molar-refractivity contribution in [2.75, 3.05) is 11.9 Å². The Morgan fingerprint density at radius 2 is 2.03 bits per heavy atom. The third-order valence-electron chi connectivity index (χ3n) is 5.40. The molecule has 1 N–H and O–H groups in total. The van der Waals surface area contributed by atoms with Gasteiger partial charge in [-0.25, -0.2) is 9.67 Å². The summed E-state index contributed by atoms with van der Waals surface area (Å²) in [6, 6.07) is 1.13. The first-order valence-corrected chi connectivity index (χ1v) is 15.3. The van der Waals surface area contributed by atoms with E-state index in [1.54, 1.807) is 22.5 Å². The average Bonchev–Trinajstić information content (AvgIpc) is 3.41. The van der Waals surface area contributed by atoms with Crippen LogP contribution in [0.25, 0.3) is 10.6 Å². The number of thiazole rings is 1. The molecule has 0 atom stereocenters. The fraction of sp³-hybridized carbons (Fsp3) is 0.524. The van der Waals surface area contributed by atoms with Gasteiger partial charge in [-0.2, -0.15) is 10.2 Å². The van der Waals surface area contributed by atoms with Crippen molar-refractivity contribution in [3.05, 3.63) is 35.9 Å². The summed E-state index contributed by atoms with van der Waals surface area (Å²) in [6.07, 6.45) is 11.1. The van der Waals surface area contributed by atoms with Crippen LogP contribution in [-0.2, 0) is 18.0 Å². The molecule has 1 saturated carbocycles. The summed E-state index contributed by atoms with van der Waals surface area (Å²) in [6.45, 7) is 9.10. The Bertz CT molecular complexity index is 1020. The maximum absolute atomic E-state index is 12.6. The van der Waals surface area contributed by atoms with Crippen molar-refractivity contribution in [3.8, 4) is 10.6 Å². The minimum atomic E-state index is -1.09. The van der Waals surface area contributed by atoms with E-state index in [-0.39, 0.29) is 5.91 Å². The lowest BCUT2D eigenvalue weighted by molar-refractivity contribution is 0.0786. The van der Waals surface area contributed by atoms with E-state index >= 15 is 0 Å². The van der Waals surface area contributed by atoms with Gasteiger partial charge in [-0.05, 0) is 24.8 Å². The summed E-state index contributed by atoms with van der Waals surface area (Å²) in [7, 11) is -1.09. The van der Waals surface area contributed by atoms with Crippen molar-refractivity contribution in [3.63, 3.8) is 0 Å². The number of rotatable bonds is 10. The minimum absolute atomic E-state index is 0.229. The van der Waals surface area contributed by atoms with Gasteiger partial charge in [0.2, 0.25) is 0 Å². The summed E-state index contributed by atoms with van der Waals surface area (Å²) in [5.41, 5.74) is 1.97. The molecule has 0 bridgehead atoms. The van der Waals surface area contributed by atoms with Gasteiger partial charge < -0.3 is 10.1 Å². The first-order chi connectivity index (χ1) is 14.9. The Labute approximate surface area is 187 Å². The lowest BCUT2D eigenvalue weighted by Gasteiger charge is -2.24. The van der Waals surface area contributed by atoms with Gasteiger partial charge in [-0.1, -0.05) is 26.1 Å². The highest BCUT2D eigenvalue weighted by molar-refractivity contribution is 7.13. The Hall–Kier alpha value is -2.30. The van der Waals surface area contributed by atoms with Gasteiger partial charge in [0.05, 0.1) is 18.1 Å². The summed E-state index contributed by atoms with van der Waals surface area (Å²) < 4.78 is 9.41. The molecule has 1 aliphatic carbocycles. The van der Waals surface area contributed by atoms with Crippen LogP contribution in [0.2, 0.25) is 25.7 Å². The standard InChI is InChI=1S/C21H30N6O2SSi/c1-31(2,3)8-7-29-15-27-12-17(9-22-27)21-25-19(14-30-21)20(28)24-18-10-23-26(13-18)11-16-5-4-6-16/h9-10,12-14,16H,4-8,11,15H2,1-3H3,(H,24,28). The number of anilines is 1. The molecule has 0 aliphatic heterocycles. The molecule has 1 fully saturated rings. The topological polar surface area (TPSA) is 86.9 Å². The third-order valence-corrected chi connectivity index (χ3v) is 7.99. The van der Waals surface area contributed by atoms with Crippen LogP contribution in [0.3, 0.4) is 0 Å². The van der Waals surface area contributed by atoms with Gasteiger partial charge >= 0.3 is 0 Å². The van der Waals surface area contributed by atoms with Crippen LogP contribution in [0.5, 0.6) is 0 Å². The molecule has 166 valence electrons. The number of hydrogen-bond donors (Lipinski definition) is 1. The molecule has 0 spiro atoms. The second kappa shape index (κ2) is 9.45. The highest BCUT2D eigenvalue weighted by atomic mass is 32.1. The van der Waals surface area contributed by atoms with E-state index in [4.69, 9.17) is 4.74 Å². The number of aromatic nitrogens is 5. The van der Waals surface area contributed by atoms with Crippen LogP contribution in [-0.4, -0.2) is 45.1 Å². The zero-order chi connectivity index (χ0) is 21.8.